The van der Waals surface area contributed by atoms with Crippen molar-refractivity contribution in [1.29, 1.82) is 0 Å². The normalized spacial score (nSPS) is 14.5. The Morgan fingerprint density at radius 2 is 1.68 bits per heavy atom. The first-order chi connectivity index (χ1) is 18.3. The van der Waals surface area contributed by atoms with Gasteiger partial charge in [0.1, 0.15) is 17.1 Å². The van der Waals surface area contributed by atoms with E-state index in [9.17, 15) is 14.0 Å². The van der Waals surface area contributed by atoms with E-state index in [1.165, 1.54) is 17.8 Å². The quantitative estimate of drug-likeness (QED) is 0.279. The SMILES string of the molecule is COc1ccc(NC(=O)C2(N(Cc3ccccc3F)C(=O)CSc3nc(C)cc(C)n3)CCCCC2)cc1. The van der Waals surface area contributed by atoms with Gasteiger partial charge in [-0.15, -0.1) is 0 Å². The van der Waals surface area contributed by atoms with E-state index in [-0.39, 0.29) is 24.1 Å². The highest BCUT2D eigenvalue weighted by Gasteiger charge is 2.47. The highest BCUT2D eigenvalue weighted by molar-refractivity contribution is 7.99. The predicted molar refractivity (Wildman–Crippen MR) is 147 cm³/mol. The molecule has 1 N–H and O–H groups in total. The first kappa shape index (κ1) is 27.6. The van der Waals surface area contributed by atoms with Crippen molar-refractivity contribution >= 4 is 29.3 Å². The fraction of sp³-hybridized carbons (Fsp3) is 0.379. The van der Waals surface area contributed by atoms with Crippen molar-refractivity contribution < 1.29 is 18.7 Å². The molecule has 9 heteroatoms. The second-order valence-corrected chi connectivity index (χ2v) is 10.5. The lowest BCUT2D eigenvalue weighted by Crippen LogP contribution is -2.60. The number of aromatic nitrogens is 2. The molecule has 0 unspecified atom stereocenters. The smallest absolute Gasteiger partial charge is 0.250 e. The number of benzene rings is 2. The Kier molecular flexibility index (Phi) is 8.99. The largest absolute Gasteiger partial charge is 0.497 e. The molecule has 0 aliphatic heterocycles. The minimum absolute atomic E-state index is 0.00417. The van der Waals surface area contributed by atoms with Crippen LogP contribution in [-0.4, -0.2) is 45.1 Å². The van der Waals surface area contributed by atoms with Gasteiger partial charge in [0, 0.05) is 29.2 Å². The third kappa shape index (κ3) is 6.51. The van der Waals surface area contributed by atoms with Crippen molar-refractivity contribution in [3.05, 3.63) is 77.4 Å². The highest BCUT2D eigenvalue weighted by atomic mass is 32.2. The standard InChI is InChI=1S/C29H33FN4O3S/c1-20-17-21(2)32-28(31-20)38-19-26(35)34(18-22-9-5-6-10-25(22)30)29(15-7-4-8-16-29)27(36)33-23-11-13-24(37-3)14-12-23/h5-6,9-14,17H,4,7-8,15-16,18-19H2,1-3H3,(H,33,36). The number of nitrogens with zero attached hydrogens (tertiary/aromatic N) is 3. The minimum atomic E-state index is -1.11. The summed E-state index contributed by atoms with van der Waals surface area (Å²) in [6.07, 6.45) is 3.57. The molecule has 200 valence electrons. The molecule has 1 heterocycles. The average Bonchev–Trinajstić information content (AvgIpc) is 2.91. The Hall–Kier alpha value is -3.46. The number of anilines is 1. The van der Waals surface area contributed by atoms with Gasteiger partial charge in [-0.05, 0) is 63.1 Å². The van der Waals surface area contributed by atoms with Crippen LogP contribution in [0.1, 0.15) is 49.1 Å². The van der Waals surface area contributed by atoms with Crippen LogP contribution in [0.5, 0.6) is 5.75 Å². The molecule has 1 saturated carbocycles. The molecular formula is C29H33FN4O3S. The van der Waals surface area contributed by atoms with Crippen molar-refractivity contribution in [2.24, 2.45) is 0 Å². The number of hydrogen-bond donors (Lipinski definition) is 1. The van der Waals surface area contributed by atoms with Crippen molar-refractivity contribution in [3.8, 4) is 5.75 Å². The second kappa shape index (κ2) is 12.4. The summed E-state index contributed by atoms with van der Waals surface area (Å²) in [5, 5.41) is 3.52. The van der Waals surface area contributed by atoms with Crippen molar-refractivity contribution in [2.45, 2.75) is 63.2 Å². The van der Waals surface area contributed by atoms with Crippen LogP contribution in [0, 0.1) is 19.7 Å². The lowest BCUT2D eigenvalue weighted by Gasteiger charge is -2.45. The molecule has 1 aromatic heterocycles. The molecule has 0 radical (unpaired) electrons. The maximum absolute atomic E-state index is 14.8. The Labute approximate surface area is 227 Å². The molecule has 4 rings (SSSR count). The van der Waals surface area contributed by atoms with Crippen LogP contribution in [0.3, 0.4) is 0 Å². The Balaban J connectivity index is 1.66. The first-order valence-electron chi connectivity index (χ1n) is 12.8. The van der Waals surface area contributed by atoms with Gasteiger partial charge in [-0.2, -0.15) is 0 Å². The number of ether oxygens (including phenoxy) is 1. The van der Waals surface area contributed by atoms with Gasteiger partial charge in [-0.1, -0.05) is 49.2 Å². The zero-order valence-electron chi connectivity index (χ0n) is 22.0. The number of rotatable bonds is 9. The number of methoxy groups -OCH3 is 1. The molecule has 0 atom stereocenters. The van der Waals surface area contributed by atoms with E-state index in [1.54, 1.807) is 54.5 Å². The van der Waals surface area contributed by atoms with Crippen LogP contribution in [0.15, 0.2) is 59.8 Å². The summed E-state index contributed by atoms with van der Waals surface area (Å²) in [6.45, 7) is 3.76. The van der Waals surface area contributed by atoms with E-state index < -0.39 is 11.4 Å². The summed E-state index contributed by atoms with van der Waals surface area (Å²) < 4.78 is 20.0. The topological polar surface area (TPSA) is 84.4 Å². The van der Waals surface area contributed by atoms with E-state index in [4.69, 9.17) is 4.74 Å². The van der Waals surface area contributed by atoms with E-state index in [0.717, 1.165) is 30.7 Å². The molecule has 38 heavy (non-hydrogen) atoms. The maximum atomic E-state index is 14.8. The zero-order valence-corrected chi connectivity index (χ0v) is 22.8. The Bertz CT molecular complexity index is 1260. The molecule has 0 saturated heterocycles. The number of amides is 2. The number of carbonyl (C=O) groups is 2. The van der Waals surface area contributed by atoms with Gasteiger partial charge in [0.25, 0.3) is 0 Å². The Morgan fingerprint density at radius 3 is 2.32 bits per heavy atom. The molecule has 1 aliphatic rings. The molecule has 2 aromatic carbocycles. The van der Waals surface area contributed by atoms with E-state index in [2.05, 4.69) is 15.3 Å². The van der Waals surface area contributed by atoms with Crippen LogP contribution in [0.4, 0.5) is 10.1 Å². The molecule has 3 aromatic rings. The second-order valence-electron chi connectivity index (χ2n) is 9.57. The van der Waals surface area contributed by atoms with Crippen LogP contribution in [-0.2, 0) is 16.1 Å². The first-order valence-corrected chi connectivity index (χ1v) is 13.7. The monoisotopic (exact) mass is 536 g/mol. The van der Waals surface area contributed by atoms with E-state index in [1.807, 2.05) is 19.9 Å². The van der Waals surface area contributed by atoms with Gasteiger partial charge in [0.15, 0.2) is 5.16 Å². The zero-order chi connectivity index (χ0) is 27.1. The fourth-order valence-corrected chi connectivity index (χ4v) is 5.74. The Morgan fingerprint density at radius 1 is 1.03 bits per heavy atom. The summed E-state index contributed by atoms with van der Waals surface area (Å²) in [5.74, 6) is -0.212. The molecule has 7 nitrogen and oxygen atoms in total. The summed E-state index contributed by atoms with van der Waals surface area (Å²) in [4.78, 5) is 38.3. The lowest BCUT2D eigenvalue weighted by molar-refractivity contribution is -0.146. The van der Waals surface area contributed by atoms with Gasteiger partial charge in [-0.25, -0.2) is 14.4 Å². The van der Waals surface area contributed by atoms with Gasteiger partial charge >= 0.3 is 0 Å². The highest BCUT2D eigenvalue weighted by Crippen LogP contribution is 2.37. The summed E-state index contributed by atoms with van der Waals surface area (Å²) >= 11 is 1.23. The molecular weight excluding hydrogens is 503 g/mol. The van der Waals surface area contributed by atoms with Crippen LogP contribution >= 0.6 is 11.8 Å². The molecule has 0 bridgehead atoms. The fourth-order valence-electron chi connectivity index (χ4n) is 4.92. The molecule has 0 spiro atoms. The summed E-state index contributed by atoms with van der Waals surface area (Å²) in [7, 11) is 1.58. The van der Waals surface area contributed by atoms with Gasteiger partial charge in [-0.3, -0.25) is 9.59 Å². The molecule has 2 amide bonds. The van der Waals surface area contributed by atoms with E-state index in [0.29, 0.717) is 35.0 Å². The van der Waals surface area contributed by atoms with Crippen molar-refractivity contribution in [2.75, 3.05) is 18.2 Å². The predicted octanol–water partition coefficient (Wildman–Crippen LogP) is 5.70. The van der Waals surface area contributed by atoms with E-state index >= 15 is 0 Å². The third-order valence-electron chi connectivity index (χ3n) is 6.84. The van der Waals surface area contributed by atoms with Crippen LogP contribution < -0.4 is 10.1 Å². The summed E-state index contributed by atoms with van der Waals surface area (Å²) in [5.41, 5.74) is 1.51. The van der Waals surface area contributed by atoms with Gasteiger partial charge in [0.2, 0.25) is 11.8 Å². The minimum Gasteiger partial charge on any atom is -0.497 e. The lowest BCUT2D eigenvalue weighted by atomic mass is 9.79. The van der Waals surface area contributed by atoms with Crippen molar-refractivity contribution in [3.63, 3.8) is 0 Å². The van der Waals surface area contributed by atoms with Gasteiger partial charge in [0.05, 0.1) is 12.9 Å². The average molecular weight is 537 g/mol. The summed E-state index contributed by atoms with van der Waals surface area (Å²) in [6, 6.07) is 15.3. The number of hydrogen-bond acceptors (Lipinski definition) is 6. The van der Waals surface area contributed by atoms with Crippen LogP contribution in [0.2, 0.25) is 0 Å². The number of carbonyl (C=O) groups excluding carboxylic acids is 2. The van der Waals surface area contributed by atoms with Crippen molar-refractivity contribution in [1.82, 2.24) is 14.9 Å². The third-order valence-corrected chi connectivity index (χ3v) is 7.67. The molecule has 1 aliphatic carbocycles. The number of halogens is 1. The van der Waals surface area contributed by atoms with Crippen LogP contribution in [0.25, 0.3) is 0 Å². The number of thioether (sulfide) groups is 1. The number of aryl methyl sites for hydroxylation is 2. The maximum Gasteiger partial charge on any atom is 0.250 e. The van der Waals surface area contributed by atoms with Gasteiger partial charge < -0.3 is 15.0 Å². The molecule has 1 fully saturated rings. The number of nitrogens with one attached hydrogen (secondary N) is 1.